The van der Waals surface area contributed by atoms with E-state index < -0.39 is 10.0 Å². The molecule has 7 nitrogen and oxygen atoms in total. The number of carbonyl (C=O) groups excluding carboxylic acids is 1. The van der Waals surface area contributed by atoms with Gasteiger partial charge in [0.1, 0.15) is 5.75 Å². The molecule has 2 aromatic carbocycles. The maximum atomic E-state index is 12.6. The molecule has 1 aliphatic rings. The van der Waals surface area contributed by atoms with Crippen LogP contribution in [0.5, 0.6) is 5.75 Å². The Labute approximate surface area is 202 Å². The predicted molar refractivity (Wildman–Crippen MR) is 133 cm³/mol. The van der Waals surface area contributed by atoms with Crippen LogP contribution in [0.4, 0.5) is 5.69 Å². The van der Waals surface area contributed by atoms with E-state index in [-0.39, 0.29) is 22.0 Å². The first kappa shape index (κ1) is 24.6. The molecule has 0 saturated heterocycles. The van der Waals surface area contributed by atoms with Gasteiger partial charge in [-0.05, 0) is 90.4 Å². The van der Waals surface area contributed by atoms with Crippen molar-refractivity contribution in [1.29, 1.82) is 0 Å². The third-order valence-electron chi connectivity index (χ3n) is 5.07. The highest BCUT2D eigenvalue weighted by Crippen LogP contribution is 2.26. The molecule has 3 rings (SSSR count). The third kappa shape index (κ3) is 6.74. The molecule has 0 radical (unpaired) electrons. The van der Waals surface area contributed by atoms with E-state index in [1.54, 1.807) is 30.3 Å². The fourth-order valence-corrected chi connectivity index (χ4v) is 5.49. The number of anilines is 1. The number of rotatable bonds is 7. The molecule has 0 spiro atoms. The first-order valence-corrected chi connectivity index (χ1v) is 13.1. The van der Waals surface area contributed by atoms with Crippen molar-refractivity contribution < 1.29 is 17.9 Å². The van der Waals surface area contributed by atoms with Gasteiger partial charge >= 0.3 is 0 Å². The minimum atomic E-state index is -3.57. The zero-order valence-electron chi connectivity index (χ0n) is 17.7. The van der Waals surface area contributed by atoms with Gasteiger partial charge in [0.2, 0.25) is 10.0 Å². The summed E-state index contributed by atoms with van der Waals surface area (Å²) < 4.78 is 34.1. The molecule has 0 unspecified atom stereocenters. The van der Waals surface area contributed by atoms with Gasteiger partial charge in [-0.25, -0.2) is 13.1 Å². The second kappa shape index (κ2) is 11.2. The van der Waals surface area contributed by atoms with Crippen molar-refractivity contribution in [2.75, 3.05) is 11.9 Å². The minimum absolute atomic E-state index is 0.00280. The summed E-state index contributed by atoms with van der Waals surface area (Å²) in [6.45, 7) is 2.40. The average molecular weight is 541 g/mol. The SMILES string of the molecule is CCOc1ccc(C(=O)NC(=S)Nc2ccc(S(=O)(=O)NC3CCCCC3)cc2)cc1Br. The Morgan fingerprint density at radius 1 is 1.12 bits per heavy atom. The largest absolute Gasteiger partial charge is 0.493 e. The minimum Gasteiger partial charge on any atom is -0.493 e. The van der Waals surface area contributed by atoms with Gasteiger partial charge in [-0.2, -0.15) is 0 Å². The lowest BCUT2D eigenvalue weighted by Gasteiger charge is -2.22. The predicted octanol–water partition coefficient (Wildman–Crippen LogP) is 4.59. The lowest BCUT2D eigenvalue weighted by Crippen LogP contribution is -2.36. The van der Waals surface area contributed by atoms with E-state index in [4.69, 9.17) is 17.0 Å². The fourth-order valence-electron chi connectivity index (χ4n) is 3.48. The molecule has 2 aromatic rings. The lowest BCUT2D eigenvalue weighted by atomic mass is 9.96. The van der Waals surface area contributed by atoms with Crippen LogP contribution in [0.3, 0.4) is 0 Å². The zero-order valence-corrected chi connectivity index (χ0v) is 20.9. The number of nitrogens with one attached hydrogen (secondary N) is 3. The van der Waals surface area contributed by atoms with Crippen molar-refractivity contribution in [1.82, 2.24) is 10.0 Å². The Kier molecular flexibility index (Phi) is 8.64. The van der Waals surface area contributed by atoms with Gasteiger partial charge in [0.25, 0.3) is 5.91 Å². The molecular weight excluding hydrogens is 514 g/mol. The Bertz CT molecular complexity index is 1070. The van der Waals surface area contributed by atoms with Gasteiger partial charge in [0.05, 0.1) is 16.0 Å². The van der Waals surface area contributed by atoms with Crippen LogP contribution in [-0.2, 0) is 10.0 Å². The molecule has 0 heterocycles. The molecule has 172 valence electrons. The van der Waals surface area contributed by atoms with Gasteiger partial charge in [-0.1, -0.05) is 19.3 Å². The molecule has 32 heavy (non-hydrogen) atoms. The van der Waals surface area contributed by atoms with E-state index in [1.165, 1.54) is 12.1 Å². The fraction of sp³-hybridized carbons (Fsp3) is 0.364. The number of hydrogen-bond donors (Lipinski definition) is 3. The summed E-state index contributed by atoms with van der Waals surface area (Å²) >= 11 is 8.60. The smallest absolute Gasteiger partial charge is 0.257 e. The summed E-state index contributed by atoms with van der Waals surface area (Å²) in [6, 6.07) is 11.3. The second-order valence-electron chi connectivity index (χ2n) is 7.47. The molecule has 3 N–H and O–H groups in total. The molecule has 0 aromatic heterocycles. The maximum Gasteiger partial charge on any atom is 0.257 e. The van der Waals surface area contributed by atoms with Gasteiger partial charge in [0, 0.05) is 17.3 Å². The highest BCUT2D eigenvalue weighted by Gasteiger charge is 2.21. The highest BCUT2D eigenvalue weighted by molar-refractivity contribution is 9.10. The molecule has 1 aliphatic carbocycles. The second-order valence-corrected chi connectivity index (χ2v) is 10.4. The van der Waals surface area contributed by atoms with Crippen molar-refractivity contribution in [2.45, 2.75) is 50.0 Å². The third-order valence-corrected chi connectivity index (χ3v) is 7.43. The van der Waals surface area contributed by atoms with Crippen LogP contribution in [0, 0.1) is 0 Å². The molecule has 0 bridgehead atoms. The van der Waals surface area contributed by atoms with Gasteiger partial charge < -0.3 is 10.1 Å². The number of thiocarbonyl (C=S) groups is 1. The molecule has 1 saturated carbocycles. The molecular formula is C22H26BrN3O4S2. The monoisotopic (exact) mass is 539 g/mol. The lowest BCUT2D eigenvalue weighted by molar-refractivity contribution is 0.0977. The normalized spacial score (nSPS) is 14.6. The number of carbonyl (C=O) groups is 1. The molecule has 0 aliphatic heterocycles. The van der Waals surface area contributed by atoms with E-state index >= 15 is 0 Å². The quantitative estimate of drug-likeness (QED) is 0.445. The van der Waals surface area contributed by atoms with Gasteiger partial charge in [-0.15, -0.1) is 0 Å². The Hall–Kier alpha value is -2.01. The number of hydrogen-bond acceptors (Lipinski definition) is 5. The van der Waals surface area contributed by atoms with Crippen LogP contribution in [0.1, 0.15) is 49.4 Å². The van der Waals surface area contributed by atoms with Crippen LogP contribution in [0.25, 0.3) is 0 Å². The van der Waals surface area contributed by atoms with Gasteiger partial charge in [0.15, 0.2) is 5.11 Å². The van der Waals surface area contributed by atoms with Crippen LogP contribution >= 0.6 is 28.1 Å². The van der Waals surface area contributed by atoms with Crippen LogP contribution in [0.2, 0.25) is 0 Å². The standard InChI is InChI=1S/C22H26BrN3O4S2/c1-2-30-20-13-8-15(14-19(20)23)21(27)25-22(31)24-16-9-11-18(12-10-16)32(28,29)26-17-6-4-3-5-7-17/h8-14,17,26H,2-7H2,1H3,(H2,24,25,27,31). The zero-order chi connectivity index (χ0) is 23.1. The molecule has 0 atom stereocenters. The number of ether oxygens (including phenoxy) is 1. The summed E-state index contributed by atoms with van der Waals surface area (Å²) in [5, 5.41) is 5.62. The van der Waals surface area contributed by atoms with E-state index in [0.29, 0.717) is 28.1 Å². The first-order valence-electron chi connectivity index (χ1n) is 10.5. The maximum absolute atomic E-state index is 12.6. The van der Waals surface area contributed by atoms with E-state index in [1.807, 2.05) is 6.92 Å². The van der Waals surface area contributed by atoms with Crippen LogP contribution in [-0.4, -0.2) is 32.1 Å². The Balaban J connectivity index is 1.57. The number of benzene rings is 2. The molecule has 10 heteroatoms. The Morgan fingerprint density at radius 3 is 2.44 bits per heavy atom. The summed E-state index contributed by atoms with van der Waals surface area (Å²) in [7, 11) is -3.57. The van der Waals surface area contributed by atoms with Crippen molar-refractivity contribution in [3.63, 3.8) is 0 Å². The summed E-state index contributed by atoms with van der Waals surface area (Å²) in [6.07, 6.45) is 5.00. The van der Waals surface area contributed by atoms with E-state index in [2.05, 4.69) is 31.3 Å². The summed E-state index contributed by atoms with van der Waals surface area (Å²) in [4.78, 5) is 12.7. The number of amides is 1. The van der Waals surface area contributed by atoms with Crippen molar-refractivity contribution >= 4 is 54.9 Å². The Morgan fingerprint density at radius 2 is 1.81 bits per heavy atom. The van der Waals surface area contributed by atoms with Crippen molar-refractivity contribution in [3.05, 3.63) is 52.5 Å². The van der Waals surface area contributed by atoms with Crippen molar-refractivity contribution in [3.8, 4) is 5.75 Å². The van der Waals surface area contributed by atoms with Crippen LogP contribution < -0.4 is 20.1 Å². The molecule has 1 fully saturated rings. The first-order chi connectivity index (χ1) is 15.3. The number of sulfonamides is 1. The van der Waals surface area contributed by atoms with Gasteiger partial charge in [-0.3, -0.25) is 10.1 Å². The summed E-state index contributed by atoms with van der Waals surface area (Å²) in [5.41, 5.74) is 0.986. The highest BCUT2D eigenvalue weighted by atomic mass is 79.9. The summed E-state index contributed by atoms with van der Waals surface area (Å²) in [5.74, 6) is 0.278. The van der Waals surface area contributed by atoms with Crippen LogP contribution in [0.15, 0.2) is 51.8 Å². The van der Waals surface area contributed by atoms with Crippen molar-refractivity contribution in [2.24, 2.45) is 0 Å². The number of halogens is 1. The molecule has 1 amide bonds. The average Bonchev–Trinajstić information content (AvgIpc) is 2.76. The van der Waals surface area contributed by atoms with E-state index in [9.17, 15) is 13.2 Å². The topological polar surface area (TPSA) is 96.5 Å². The van der Waals surface area contributed by atoms with E-state index in [0.717, 1.165) is 32.1 Å².